The van der Waals surface area contributed by atoms with Gasteiger partial charge in [-0.2, -0.15) is 0 Å². The van der Waals surface area contributed by atoms with E-state index in [9.17, 15) is 9.59 Å². The van der Waals surface area contributed by atoms with Gasteiger partial charge >= 0.3 is 5.97 Å². The Morgan fingerprint density at radius 3 is 2.72 bits per heavy atom. The normalized spacial score (nSPS) is 10.7. The van der Waals surface area contributed by atoms with Gasteiger partial charge in [-0.3, -0.25) is 4.79 Å². The minimum absolute atomic E-state index is 0.234. The van der Waals surface area contributed by atoms with Crippen molar-refractivity contribution in [3.05, 3.63) is 45.8 Å². The predicted octanol–water partition coefficient (Wildman–Crippen LogP) is 2.83. The van der Waals surface area contributed by atoms with Gasteiger partial charge in [0.25, 0.3) is 0 Å². The molecule has 0 atom stereocenters. The van der Waals surface area contributed by atoms with Crippen molar-refractivity contribution >= 4 is 16.9 Å². The lowest BCUT2D eigenvalue weighted by Crippen LogP contribution is -2.18. The van der Waals surface area contributed by atoms with Gasteiger partial charge in [0.2, 0.25) is 5.43 Å². The molecule has 0 radical (unpaired) electrons. The second-order valence-corrected chi connectivity index (χ2v) is 4.13. The first-order chi connectivity index (χ1) is 8.65. The fourth-order valence-electron chi connectivity index (χ4n) is 1.92. The summed E-state index contributed by atoms with van der Waals surface area (Å²) in [5.41, 5.74) is -0.254. The largest absolute Gasteiger partial charge is 0.477 e. The summed E-state index contributed by atoms with van der Waals surface area (Å²) in [5, 5.41) is 9.46. The molecule has 4 nitrogen and oxygen atoms in total. The number of fused-ring (bicyclic) bond motifs is 1. The second kappa shape index (κ2) is 5.04. The molecule has 0 saturated carbocycles. The lowest BCUT2D eigenvalue weighted by atomic mass is 10.1. The van der Waals surface area contributed by atoms with Gasteiger partial charge in [-0.15, -0.1) is 0 Å². The first kappa shape index (κ1) is 12.4. The zero-order valence-electron chi connectivity index (χ0n) is 10.1. The van der Waals surface area contributed by atoms with Crippen LogP contribution < -0.4 is 5.43 Å². The number of para-hydroxylation sites is 1. The average Bonchev–Trinajstić information content (AvgIpc) is 2.36. The zero-order chi connectivity index (χ0) is 13.1. The van der Waals surface area contributed by atoms with Gasteiger partial charge in [-0.05, 0) is 18.6 Å². The Labute approximate surface area is 104 Å². The minimum Gasteiger partial charge on any atom is -0.477 e. The first-order valence-electron chi connectivity index (χ1n) is 5.93. The molecule has 0 unspecified atom stereocenters. The fraction of sp³-hybridized carbons (Fsp3) is 0.286. The molecule has 2 aromatic rings. The number of unbranched alkanes of at least 4 members (excludes halogenated alkanes) is 1. The fourth-order valence-corrected chi connectivity index (χ4v) is 1.92. The van der Waals surface area contributed by atoms with E-state index in [4.69, 9.17) is 9.52 Å². The highest BCUT2D eigenvalue weighted by Crippen LogP contribution is 2.17. The Morgan fingerprint density at radius 1 is 1.33 bits per heavy atom. The molecule has 0 aliphatic heterocycles. The summed E-state index contributed by atoms with van der Waals surface area (Å²) in [4.78, 5) is 23.3. The van der Waals surface area contributed by atoms with E-state index in [0.717, 1.165) is 12.8 Å². The van der Waals surface area contributed by atoms with Crippen LogP contribution in [0.3, 0.4) is 0 Å². The molecule has 18 heavy (non-hydrogen) atoms. The number of hydrogen-bond donors (Lipinski definition) is 1. The van der Waals surface area contributed by atoms with E-state index in [0.29, 0.717) is 17.4 Å². The molecule has 0 spiro atoms. The lowest BCUT2D eigenvalue weighted by Gasteiger charge is -2.06. The van der Waals surface area contributed by atoms with Crippen LogP contribution in [0.1, 0.15) is 35.9 Å². The summed E-state index contributed by atoms with van der Waals surface area (Å²) >= 11 is 0. The summed E-state index contributed by atoms with van der Waals surface area (Å²) in [7, 11) is 0. The van der Waals surface area contributed by atoms with Crippen molar-refractivity contribution < 1.29 is 14.3 Å². The van der Waals surface area contributed by atoms with Crippen molar-refractivity contribution in [2.75, 3.05) is 0 Å². The third kappa shape index (κ3) is 2.14. The number of carboxylic acid groups (broad SMARTS) is 1. The van der Waals surface area contributed by atoms with Crippen LogP contribution in [-0.4, -0.2) is 11.1 Å². The van der Waals surface area contributed by atoms with E-state index in [1.54, 1.807) is 24.3 Å². The van der Waals surface area contributed by atoms with E-state index >= 15 is 0 Å². The molecule has 0 amide bonds. The molecule has 0 fully saturated rings. The maximum atomic E-state index is 12.1. The van der Waals surface area contributed by atoms with Crippen LogP contribution in [0.15, 0.2) is 33.5 Å². The van der Waals surface area contributed by atoms with Crippen molar-refractivity contribution in [1.82, 2.24) is 0 Å². The highest BCUT2D eigenvalue weighted by atomic mass is 16.4. The maximum absolute atomic E-state index is 12.1. The molecule has 1 heterocycles. The Kier molecular flexibility index (Phi) is 3.46. The topological polar surface area (TPSA) is 67.5 Å². The van der Waals surface area contributed by atoms with E-state index < -0.39 is 11.4 Å². The van der Waals surface area contributed by atoms with Gasteiger partial charge in [-0.25, -0.2) is 4.79 Å². The number of rotatable bonds is 4. The van der Waals surface area contributed by atoms with Crippen LogP contribution in [0.2, 0.25) is 0 Å². The highest BCUT2D eigenvalue weighted by molar-refractivity contribution is 5.92. The smallest absolute Gasteiger partial charge is 0.343 e. The van der Waals surface area contributed by atoms with E-state index in [-0.39, 0.29) is 11.3 Å². The molecule has 2 rings (SSSR count). The summed E-state index contributed by atoms with van der Waals surface area (Å²) in [6.07, 6.45) is 2.18. The van der Waals surface area contributed by atoms with Gasteiger partial charge in [0.1, 0.15) is 16.9 Å². The predicted molar refractivity (Wildman–Crippen MR) is 68.1 cm³/mol. The molecule has 0 saturated heterocycles. The molecule has 94 valence electrons. The standard InChI is InChI=1S/C14H14O4/c1-2-3-7-11-12(14(16)17)13(15)9-6-4-5-8-10(9)18-11/h4-6,8H,2-3,7H2,1H3,(H,16,17). The van der Waals surface area contributed by atoms with E-state index in [2.05, 4.69) is 0 Å². The van der Waals surface area contributed by atoms with Gasteiger partial charge in [0.15, 0.2) is 0 Å². The molecule has 0 aliphatic rings. The maximum Gasteiger partial charge on any atom is 0.343 e. The van der Waals surface area contributed by atoms with Crippen molar-refractivity contribution in [3.63, 3.8) is 0 Å². The van der Waals surface area contributed by atoms with Crippen LogP contribution in [0.4, 0.5) is 0 Å². The van der Waals surface area contributed by atoms with Crippen molar-refractivity contribution in [2.24, 2.45) is 0 Å². The Balaban J connectivity index is 2.71. The van der Waals surface area contributed by atoms with Crippen molar-refractivity contribution in [1.29, 1.82) is 0 Å². The third-order valence-corrected chi connectivity index (χ3v) is 2.84. The van der Waals surface area contributed by atoms with Crippen molar-refractivity contribution in [3.8, 4) is 0 Å². The van der Waals surface area contributed by atoms with Crippen LogP contribution in [0.5, 0.6) is 0 Å². The highest BCUT2D eigenvalue weighted by Gasteiger charge is 2.19. The summed E-state index contributed by atoms with van der Waals surface area (Å²) in [6, 6.07) is 6.71. The van der Waals surface area contributed by atoms with E-state index in [1.807, 2.05) is 6.92 Å². The third-order valence-electron chi connectivity index (χ3n) is 2.84. The number of benzene rings is 1. The van der Waals surface area contributed by atoms with Crippen molar-refractivity contribution in [2.45, 2.75) is 26.2 Å². The lowest BCUT2D eigenvalue weighted by molar-refractivity contribution is 0.0691. The average molecular weight is 246 g/mol. The molecule has 1 aromatic carbocycles. The first-order valence-corrected chi connectivity index (χ1v) is 5.93. The number of aryl methyl sites for hydroxylation is 1. The van der Waals surface area contributed by atoms with Gasteiger partial charge in [0.05, 0.1) is 5.39 Å². The number of aromatic carboxylic acids is 1. The van der Waals surface area contributed by atoms with Gasteiger partial charge < -0.3 is 9.52 Å². The summed E-state index contributed by atoms with van der Waals surface area (Å²) < 4.78 is 5.56. The monoisotopic (exact) mass is 246 g/mol. The Morgan fingerprint density at radius 2 is 2.06 bits per heavy atom. The quantitative estimate of drug-likeness (QED) is 0.900. The minimum atomic E-state index is -1.22. The van der Waals surface area contributed by atoms with Crippen LogP contribution in [0, 0.1) is 0 Å². The number of carbonyl (C=O) groups is 1. The molecule has 0 aliphatic carbocycles. The molecule has 1 N–H and O–H groups in total. The molecule has 0 bridgehead atoms. The summed E-state index contributed by atoms with van der Waals surface area (Å²) in [5.74, 6) is -0.950. The molecule has 1 aromatic heterocycles. The zero-order valence-corrected chi connectivity index (χ0v) is 10.1. The molecule has 4 heteroatoms. The van der Waals surface area contributed by atoms with Gasteiger partial charge in [0, 0.05) is 6.42 Å². The molecular formula is C14H14O4. The van der Waals surface area contributed by atoms with E-state index in [1.165, 1.54) is 0 Å². The van der Waals surface area contributed by atoms with Gasteiger partial charge in [-0.1, -0.05) is 25.5 Å². The Bertz CT molecular complexity index is 640. The number of hydrogen-bond acceptors (Lipinski definition) is 3. The van der Waals surface area contributed by atoms with Crippen LogP contribution >= 0.6 is 0 Å². The number of carboxylic acids is 1. The summed E-state index contributed by atoms with van der Waals surface area (Å²) in [6.45, 7) is 2.00. The van der Waals surface area contributed by atoms with Crippen LogP contribution in [-0.2, 0) is 6.42 Å². The molecular weight excluding hydrogens is 232 g/mol. The SMILES string of the molecule is CCCCc1oc2ccccc2c(=O)c1C(=O)O. The van der Waals surface area contributed by atoms with Crippen LogP contribution in [0.25, 0.3) is 11.0 Å². The second-order valence-electron chi connectivity index (χ2n) is 4.13. The Hall–Kier alpha value is -2.10.